The summed E-state index contributed by atoms with van der Waals surface area (Å²) in [6.45, 7) is 0. The molecule has 6 heteroatoms. The van der Waals surface area contributed by atoms with Crippen molar-refractivity contribution in [3.63, 3.8) is 0 Å². The maximum Gasteiger partial charge on any atom is 0.233 e. The Bertz CT molecular complexity index is 236. The molecule has 0 aromatic rings. The van der Waals surface area contributed by atoms with Crippen molar-refractivity contribution in [1.82, 2.24) is 10.8 Å². The van der Waals surface area contributed by atoms with Gasteiger partial charge < -0.3 is 0 Å². The van der Waals surface area contributed by atoms with Crippen molar-refractivity contribution < 1.29 is 11.0 Å². The summed E-state index contributed by atoms with van der Waals surface area (Å²) in [5, 5.41) is 0. The van der Waals surface area contributed by atoms with Gasteiger partial charge in [-0.1, -0.05) is 25.7 Å². The molecule has 0 aromatic carbocycles. The van der Waals surface area contributed by atoms with E-state index < -0.39 is 0 Å². The number of carbonyl (C=O) groups is 2. The first kappa shape index (κ1) is 12.9. The van der Waals surface area contributed by atoms with Gasteiger partial charge in [0.2, 0.25) is 11.8 Å². The summed E-state index contributed by atoms with van der Waals surface area (Å²) in [5.74, 6) is 9.42. The minimum absolute atomic E-state index is 0.130. The largest absolute Gasteiger partial charge is 0.294 e. The first-order chi connectivity index (χ1) is 8.07. The lowest BCUT2D eigenvalue weighted by Gasteiger charge is -2.01. The second kappa shape index (κ2) is 10.4. The van der Waals surface area contributed by atoms with Gasteiger partial charge in [-0.05, 0) is 12.8 Å². The Kier molecular flexibility index (Phi) is 8.39. The zero-order chi connectivity index (χ0) is 13.1. The molecule has 0 saturated heterocycles. The van der Waals surface area contributed by atoms with Crippen LogP contribution in [0, 0.1) is 0 Å². The van der Waals surface area contributed by atoms with Gasteiger partial charge in [0, 0.05) is 12.8 Å². The van der Waals surface area contributed by atoms with Gasteiger partial charge in [0.1, 0.15) is 0 Å². The van der Waals surface area contributed by atoms with E-state index in [0.29, 0.717) is 18.3 Å². The summed E-state index contributed by atoms with van der Waals surface area (Å²) in [5.41, 5.74) is 2.47. The molecule has 0 fully saturated rings. The molecular weight excluding hydrogens is 208 g/mol. The van der Waals surface area contributed by atoms with Gasteiger partial charge in [0.15, 0.2) is 1.41 Å². The molecule has 0 saturated carbocycles. The molecule has 0 bridgehead atoms. The van der Waals surface area contributed by atoms with Gasteiger partial charge in [0.05, 0.1) is 0 Å². The summed E-state index contributed by atoms with van der Waals surface area (Å²) in [4.78, 5) is 21.7. The SMILES string of the molecule is [2H]N(N)C(=O)CCCCCCCCC(=O)NN. The molecule has 0 atom stereocenters. The normalized spacial score (nSPS) is 10.8. The van der Waals surface area contributed by atoms with Crippen LogP contribution in [0.5, 0.6) is 0 Å². The van der Waals surface area contributed by atoms with Crippen molar-refractivity contribution >= 4 is 11.8 Å². The molecule has 0 unspecified atom stereocenters. The zero-order valence-corrected chi connectivity index (χ0v) is 9.58. The molecule has 6 N–H and O–H groups in total. The van der Waals surface area contributed by atoms with Crippen LogP contribution in [0.2, 0.25) is 1.41 Å². The molecule has 0 spiro atoms. The van der Waals surface area contributed by atoms with Crippen LogP contribution in [0.1, 0.15) is 51.4 Å². The van der Waals surface area contributed by atoms with Gasteiger partial charge in [-0.3, -0.25) is 20.4 Å². The van der Waals surface area contributed by atoms with Gasteiger partial charge in [0.25, 0.3) is 0 Å². The van der Waals surface area contributed by atoms with Crippen LogP contribution in [-0.4, -0.2) is 11.8 Å². The summed E-state index contributed by atoms with van der Waals surface area (Å²) >= 11 is 0. The summed E-state index contributed by atoms with van der Waals surface area (Å²) in [6, 6.07) is 0. The fraction of sp³-hybridized carbons (Fsp3) is 0.800. The maximum atomic E-state index is 10.9. The molecule has 0 radical (unpaired) electrons. The number of amides is 2. The van der Waals surface area contributed by atoms with E-state index in [9.17, 15) is 9.59 Å². The third-order valence-electron chi connectivity index (χ3n) is 2.35. The molecule has 0 aliphatic carbocycles. The Hall–Kier alpha value is -1.14. The number of nitrogens with one attached hydrogen (secondary N) is 2. The van der Waals surface area contributed by atoms with E-state index >= 15 is 0 Å². The average Bonchev–Trinajstić information content (AvgIpc) is 2.31. The molecular formula is C10H22N4O2. The second-order valence-electron chi connectivity index (χ2n) is 3.71. The van der Waals surface area contributed by atoms with E-state index in [4.69, 9.17) is 13.1 Å². The van der Waals surface area contributed by atoms with Crippen molar-refractivity contribution in [2.75, 3.05) is 0 Å². The molecule has 16 heavy (non-hydrogen) atoms. The number of hydrogen-bond acceptors (Lipinski definition) is 4. The highest BCUT2D eigenvalue weighted by molar-refractivity contribution is 5.75. The quantitative estimate of drug-likeness (QED) is 0.195. The number of rotatable bonds is 9. The predicted octanol–water partition coefficient (Wildman–Crippen LogP) is 0.0870. The highest BCUT2D eigenvalue weighted by Crippen LogP contribution is 2.08. The van der Waals surface area contributed by atoms with Crippen LogP contribution in [0.15, 0.2) is 0 Å². The van der Waals surface area contributed by atoms with Crippen molar-refractivity contribution in [3.8, 4) is 0 Å². The van der Waals surface area contributed by atoms with Crippen molar-refractivity contribution in [1.29, 1.82) is 0 Å². The predicted molar refractivity (Wildman–Crippen MR) is 61.6 cm³/mol. The van der Waals surface area contributed by atoms with Crippen molar-refractivity contribution in [3.05, 3.63) is 0 Å². The standard InChI is InChI=1S/C10H22N4O2/c11-13-9(15)7-5-3-1-2-4-6-8-10(16)14-12/h1-8,11-12H2,(H,13,15)(H,14,16)/i/hD. The van der Waals surface area contributed by atoms with Crippen molar-refractivity contribution in [2.24, 2.45) is 11.7 Å². The fourth-order valence-corrected chi connectivity index (χ4v) is 1.41. The third kappa shape index (κ3) is 9.42. The van der Waals surface area contributed by atoms with E-state index in [2.05, 4.69) is 5.43 Å². The number of unbranched alkanes of at least 4 members (excludes halogenated alkanes) is 5. The number of carbonyl (C=O) groups excluding carboxylic acids is 2. The Morgan fingerprint density at radius 2 is 1.31 bits per heavy atom. The molecule has 0 aromatic heterocycles. The molecule has 0 aliphatic rings. The van der Waals surface area contributed by atoms with Crippen LogP contribution in [0.25, 0.3) is 0 Å². The lowest BCUT2D eigenvalue weighted by atomic mass is 10.1. The minimum Gasteiger partial charge on any atom is -0.294 e. The number of nitrogens with two attached hydrogens (primary N) is 2. The van der Waals surface area contributed by atoms with Gasteiger partial charge >= 0.3 is 0 Å². The molecule has 0 aliphatic heterocycles. The van der Waals surface area contributed by atoms with Crippen LogP contribution in [0.4, 0.5) is 0 Å². The zero-order valence-electron chi connectivity index (χ0n) is 10.6. The lowest BCUT2D eigenvalue weighted by Crippen LogP contribution is -2.29. The first-order valence-corrected chi connectivity index (χ1v) is 5.64. The van der Waals surface area contributed by atoms with E-state index in [1.807, 2.05) is 0 Å². The monoisotopic (exact) mass is 231 g/mol. The summed E-state index contributed by atoms with van der Waals surface area (Å²) in [7, 11) is 0. The summed E-state index contributed by atoms with van der Waals surface area (Å²) in [6.07, 6.45) is 6.40. The Morgan fingerprint density at radius 1 is 0.875 bits per heavy atom. The summed E-state index contributed by atoms with van der Waals surface area (Å²) < 4.78 is 6.83. The van der Waals surface area contributed by atoms with Crippen LogP contribution in [-0.2, 0) is 9.59 Å². The Morgan fingerprint density at radius 3 is 1.75 bits per heavy atom. The number of hydrazine groups is 2. The lowest BCUT2D eigenvalue weighted by molar-refractivity contribution is -0.122. The molecule has 2 amide bonds. The Balaban J connectivity index is 3.19. The van der Waals surface area contributed by atoms with Crippen LogP contribution in [0.3, 0.4) is 0 Å². The molecule has 0 rings (SSSR count). The van der Waals surface area contributed by atoms with Gasteiger partial charge in [-0.25, -0.2) is 11.7 Å². The van der Waals surface area contributed by atoms with Gasteiger partial charge in [-0.15, -0.1) is 0 Å². The van der Waals surface area contributed by atoms with E-state index in [-0.39, 0.29) is 11.8 Å². The Labute approximate surface area is 97.5 Å². The van der Waals surface area contributed by atoms with E-state index in [1.165, 1.54) is 0 Å². The molecule has 94 valence electrons. The maximum absolute atomic E-state index is 10.9. The van der Waals surface area contributed by atoms with E-state index in [1.54, 1.807) is 0 Å². The van der Waals surface area contributed by atoms with Crippen molar-refractivity contribution in [2.45, 2.75) is 51.4 Å². The van der Waals surface area contributed by atoms with Crippen LogP contribution < -0.4 is 22.5 Å². The molecule has 6 nitrogen and oxygen atoms in total. The smallest absolute Gasteiger partial charge is 0.233 e. The first-order valence-electron chi connectivity index (χ1n) is 6.08. The highest BCUT2D eigenvalue weighted by atomic mass is 16.2. The van der Waals surface area contributed by atoms with E-state index in [0.717, 1.165) is 38.5 Å². The minimum atomic E-state index is -0.357. The highest BCUT2D eigenvalue weighted by Gasteiger charge is 1.99. The average molecular weight is 231 g/mol. The third-order valence-corrected chi connectivity index (χ3v) is 2.35. The van der Waals surface area contributed by atoms with Gasteiger partial charge in [-0.2, -0.15) is 0 Å². The van der Waals surface area contributed by atoms with Crippen LogP contribution >= 0.6 is 0 Å². The number of hydrogen-bond donors (Lipinski definition) is 4. The topological polar surface area (TPSA) is 110 Å². The molecule has 0 heterocycles. The fourth-order valence-electron chi connectivity index (χ4n) is 1.41. The second-order valence-corrected chi connectivity index (χ2v) is 3.71.